The van der Waals surface area contributed by atoms with Crippen molar-refractivity contribution in [1.29, 1.82) is 0 Å². The first-order valence-electron chi connectivity index (χ1n) is 7.27. The highest BCUT2D eigenvalue weighted by Crippen LogP contribution is 2.33. The number of aryl methyl sites for hydroxylation is 1. The zero-order valence-electron chi connectivity index (χ0n) is 12.1. The van der Waals surface area contributed by atoms with Crippen molar-refractivity contribution >= 4 is 11.6 Å². The molecule has 1 fully saturated rings. The van der Waals surface area contributed by atoms with Crippen molar-refractivity contribution in [2.24, 2.45) is 5.92 Å². The molecule has 0 spiro atoms. The van der Waals surface area contributed by atoms with E-state index < -0.39 is 0 Å². The first-order chi connectivity index (χ1) is 10.2. The quantitative estimate of drug-likeness (QED) is 0.933. The number of pyridine rings is 1. The lowest BCUT2D eigenvalue weighted by molar-refractivity contribution is 0.143. The Morgan fingerprint density at radius 3 is 2.95 bits per heavy atom. The summed E-state index contributed by atoms with van der Waals surface area (Å²) >= 11 is 6.02. The van der Waals surface area contributed by atoms with Gasteiger partial charge in [0.1, 0.15) is 11.9 Å². The summed E-state index contributed by atoms with van der Waals surface area (Å²) in [5.74, 6) is 1.35. The van der Waals surface area contributed by atoms with Gasteiger partial charge in [0.05, 0.1) is 0 Å². The molecule has 1 aromatic carbocycles. The number of hydrogen-bond donors (Lipinski definition) is 1. The van der Waals surface area contributed by atoms with E-state index in [2.05, 4.69) is 16.4 Å². The molecule has 0 radical (unpaired) electrons. The topological polar surface area (TPSA) is 34.1 Å². The molecule has 2 heterocycles. The second-order valence-corrected chi connectivity index (χ2v) is 5.92. The lowest BCUT2D eigenvalue weighted by Crippen LogP contribution is -2.21. The maximum absolute atomic E-state index is 6.33. The molecule has 1 saturated heterocycles. The highest BCUT2D eigenvalue weighted by Gasteiger charge is 2.28. The van der Waals surface area contributed by atoms with Crippen LogP contribution in [0.15, 0.2) is 42.7 Å². The van der Waals surface area contributed by atoms with Crippen LogP contribution < -0.4 is 10.1 Å². The van der Waals surface area contributed by atoms with Gasteiger partial charge in [-0.05, 0) is 49.7 Å². The number of aromatic nitrogens is 1. The Hall–Kier alpha value is -1.58. The van der Waals surface area contributed by atoms with E-state index >= 15 is 0 Å². The molecular weight excluding hydrogens is 284 g/mol. The SMILES string of the molecule is Cc1cc(Cl)ccc1O[C@H](c1cccnc1)[C@@H]1CCNC1. The number of rotatable bonds is 4. The van der Waals surface area contributed by atoms with Crippen molar-refractivity contribution in [1.82, 2.24) is 10.3 Å². The van der Waals surface area contributed by atoms with Crippen molar-refractivity contribution < 1.29 is 4.74 Å². The van der Waals surface area contributed by atoms with E-state index in [4.69, 9.17) is 16.3 Å². The summed E-state index contributed by atoms with van der Waals surface area (Å²) in [5.41, 5.74) is 2.18. The largest absolute Gasteiger partial charge is 0.485 e. The molecule has 1 aliphatic heterocycles. The Labute approximate surface area is 130 Å². The summed E-state index contributed by atoms with van der Waals surface area (Å²) in [6.45, 7) is 4.05. The van der Waals surface area contributed by atoms with Gasteiger partial charge in [0.15, 0.2) is 0 Å². The summed E-state index contributed by atoms with van der Waals surface area (Å²) in [6.07, 6.45) is 4.83. The van der Waals surface area contributed by atoms with Crippen molar-refractivity contribution in [2.45, 2.75) is 19.4 Å². The average Bonchev–Trinajstić information content (AvgIpc) is 3.01. The zero-order valence-corrected chi connectivity index (χ0v) is 12.8. The minimum absolute atomic E-state index is 0.0218. The molecule has 110 valence electrons. The van der Waals surface area contributed by atoms with Gasteiger partial charge in [-0.25, -0.2) is 0 Å². The van der Waals surface area contributed by atoms with Crippen LogP contribution >= 0.6 is 11.6 Å². The number of nitrogens with one attached hydrogen (secondary N) is 1. The van der Waals surface area contributed by atoms with Gasteiger partial charge in [0.2, 0.25) is 0 Å². The normalized spacial score (nSPS) is 19.4. The second-order valence-electron chi connectivity index (χ2n) is 5.49. The van der Waals surface area contributed by atoms with Crippen LogP contribution in [0.5, 0.6) is 5.75 Å². The van der Waals surface area contributed by atoms with Gasteiger partial charge in [-0.3, -0.25) is 4.98 Å². The van der Waals surface area contributed by atoms with Gasteiger partial charge < -0.3 is 10.1 Å². The summed E-state index contributed by atoms with van der Waals surface area (Å²) in [4.78, 5) is 4.23. The molecule has 0 amide bonds. The van der Waals surface area contributed by atoms with E-state index in [0.717, 1.165) is 41.4 Å². The third-order valence-corrected chi connectivity index (χ3v) is 4.17. The standard InChI is InChI=1S/C17H19ClN2O/c1-12-9-15(18)4-5-16(12)21-17(14-6-8-20-11-14)13-3-2-7-19-10-13/h2-5,7,9-10,14,17,20H,6,8,11H2,1H3/t14-,17-/m1/s1. The minimum atomic E-state index is 0.0218. The van der Waals surface area contributed by atoms with Crippen LogP contribution in [0, 0.1) is 12.8 Å². The fourth-order valence-electron chi connectivity index (χ4n) is 2.80. The maximum Gasteiger partial charge on any atom is 0.129 e. The van der Waals surface area contributed by atoms with Crippen LogP contribution in [0.2, 0.25) is 5.02 Å². The Bertz CT molecular complexity index is 597. The summed E-state index contributed by atoms with van der Waals surface area (Å²) in [6, 6.07) is 9.80. The summed E-state index contributed by atoms with van der Waals surface area (Å²) in [7, 11) is 0. The van der Waals surface area contributed by atoms with Crippen LogP contribution in [-0.4, -0.2) is 18.1 Å². The number of benzene rings is 1. The summed E-state index contributed by atoms with van der Waals surface area (Å²) in [5, 5.41) is 4.15. The number of ether oxygens (including phenoxy) is 1. The first-order valence-corrected chi connectivity index (χ1v) is 7.65. The fraction of sp³-hybridized carbons (Fsp3) is 0.353. The lowest BCUT2D eigenvalue weighted by Gasteiger charge is -2.25. The maximum atomic E-state index is 6.33. The van der Waals surface area contributed by atoms with E-state index in [1.165, 1.54) is 0 Å². The second kappa shape index (κ2) is 6.46. The van der Waals surface area contributed by atoms with Gasteiger partial charge in [-0.15, -0.1) is 0 Å². The fourth-order valence-corrected chi connectivity index (χ4v) is 3.02. The van der Waals surface area contributed by atoms with Crippen LogP contribution in [0.4, 0.5) is 0 Å². The molecule has 3 rings (SSSR count). The summed E-state index contributed by atoms with van der Waals surface area (Å²) < 4.78 is 6.33. The smallest absolute Gasteiger partial charge is 0.129 e. The van der Waals surface area contributed by atoms with E-state index in [9.17, 15) is 0 Å². The molecular formula is C17H19ClN2O. The molecule has 21 heavy (non-hydrogen) atoms. The van der Waals surface area contributed by atoms with Crippen LogP contribution in [-0.2, 0) is 0 Å². The van der Waals surface area contributed by atoms with E-state index in [1.807, 2.05) is 37.4 Å². The van der Waals surface area contributed by atoms with Gasteiger partial charge in [0.25, 0.3) is 0 Å². The number of halogens is 1. The highest BCUT2D eigenvalue weighted by molar-refractivity contribution is 6.30. The van der Waals surface area contributed by atoms with Crippen molar-refractivity contribution in [3.8, 4) is 5.75 Å². The third-order valence-electron chi connectivity index (χ3n) is 3.93. The van der Waals surface area contributed by atoms with Crippen LogP contribution in [0.3, 0.4) is 0 Å². The number of hydrogen-bond acceptors (Lipinski definition) is 3. The lowest BCUT2D eigenvalue weighted by atomic mass is 9.96. The predicted octanol–water partition coefficient (Wildman–Crippen LogP) is 3.77. The number of nitrogens with zero attached hydrogens (tertiary/aromatic N) is 1. The molecule has 3 nitrogen and oxygen atoms in total. The van der Waals surface area contributed by atoms with Crippen molar-refractivity contribution in [3.63, 3.8) is 0 Å². The molecule has 0 saturated carbocycles. The Kier molecular flexibility index (Phi) is 4.42. The van der Waals surface area contributed by atoms with Gasteiger partial charge in [0, 0.05) is 35.4 Å². The molecule has 0 aliphatic carbocycles. The van der Waals surface area contributed by atoms with E-state index in [-0.39, 0.29) is 6.10 Å². The van der Waals surface area contributed by atoms with Crippen molar-refractivity contribution in [3.05, 3.63) is 58.9 Å². The molecule has 0 unspecified atom stereocenters. The van der Waals surface area contributed by atoms with Crippen LogP contribution in [0.25, 0.3) is 0 Å². The first kappa shape index (κ1) is 14.4. The highest BCUT2D eigenvalue weighted by atomic mass is 35.5. The van der Waals surface area contributed by atoms with Crippen LogP contribution in [0.1, 0.15) is 23.7 Å². The molecule has 0 bridgehead atoms. The predicted molar refractivity (Wildman–Crippen MR) is 84.8 cm³/mol. The van der Waals surface area contributed by atoms with Gasteiger partial charge in [-0.2, -0.15) is 0 Å². The van der Waals surface area contributed by atoms with E-state index in [0.29, 0.717) is 5.92 Å². The molecule has 2 atom stereocenters. The van der Waals surface area contributed by atoms with Gasteiger partial charge >= 0.3 is 0 Å². The molecule has 2 aromatic rings. The molecule has 1 N–H and O–H groups in total. The third kappa shape index (κ3) is 3.36. The molecule has 1 aliphatic rings. The zero-order chi connectivity index (χ0) is 14.7. The minimum Gasteiger partial charge on any atom is -0.485 e. The molecule has 1 aromatic heterocycles. The van der Waals surface area contributed by atoms with Crippen molar-refractivity contribution in [2.75, 3.05) is 13.1 Å². The Morgan fingerprint density at radius 1 is 1.38 bits per heavy atom. The van der Waals surface area contributed by atoms with E-state index in [1.54, 1.807) is 6.20 Å². The average molecular weight is 303 g/mol. The Morgan fingerprint density at radius 2 is 2.29 bits per heavy atom. The Balaban J connectivity index is 1.88. The molecule has 4 heteroatoms. The van der Waals surface area contributed by atoms with Gasteiger partial charge in [-0.1, -0.05) is 17.7 Å². The monoisotopic (exact) mass is 302 g/mol.